The number of hydrogen-bond acceptors (Lipinski definition) is 3. The molecule has 16 heavy (non-hydrogen) atoms. The number of nitrogens with zero attached hydrogens (tertiary/aromatic N) is 1. The summed E-state index contributed by atoms with van der Waals surface area (Å²) >= 11 is 11.2. The lowest BCUT2D eigenvalue weighted by molar-refractivity contribution is -0.139. The molecule has 1 aromatic heterocycles. The van der Waals surface area contributed by atoms with E-state index in [-0.39, 0.29) is 22.2 Å². The first-order valence-electron chi connectivity index (χ1n) is 4.15. The summed E-state index contributed by atoms with van der Waals surface area (Å²) in [6, 6.07) is 1.26. The Hall–Kier alpha value is -0.940. The molecule has 88 valence electrons. The first-order valence-corrected chi connectivity index (χ1v) is 4.91. The number of pyridine rings is 1. The van der Waals surface area contributed by atoms with Gasteiger partial charge in [0.05, 0.1) is 29.3 Å². The Kier molecular flexibility index (Phi) is 4.44. The Morgan fingerprint density at radius 3 is 2.69 bits per heavy atom. The lowest BCUT2D eigenvalue weighted by Gasteiger charge is -2.07. The van der Waals surface area contributed by atoms with Crippen molar-refractivity contribution in [3.63, 3.8) is 0 Å². The van der Waals surface area contributed by atoms with Gasteiger partial charge in [-0.2, -0.15) is 0 Å². The van der Waals surface area contributed by atoms with Crippen LogP contribution < -0.4 is 0 Å². The summed E-state index contributed by atoms with van der Waals surface area (Å²) in [7, 11) is 1.19. The molecule has 1 aromatic rings. The molecule has 0 atom stereocenters. The van der Waals surface area contributed by atoms with Crippen molar-refractivity contribution >= 4 is 29.2 Å². The molecule has 0 fully saturated rings. The molecule has 7 heteroatoms. The van der Waals surface area contributed by atoms with Crippen molar-refractivity contribution in [2.75, 3.05) is 7.11 Å². The van der Waals surface area contributed by atoms with Gasteiger partial charge in [0.1, 0.15) is 5.69 Å². The van der Waals surface area contributed by atoms with Crippen LogP contribution in [0.4, 0.5) is 8.78 Å². The second-order valence-corrected chi connectivity index (χ2v) is 3.63. The Balaban J connectivity index is 3.09. The SMILES string of the molecule is COC(=O)Cc1cc(Cl)c(Cl)c(C(F)F)n1. The van der Waals surface area contributed by atoms with E-state index < -0.39 is 18.1 Å². The Labute approximate surface area is 100 Å². The molecule has 0 aliphatic heterocycles. The standard InChI is InChI=1S/C9H7Cl2F2NO2/c1-16-6(15)3-4-2-5(10)7(11)8(14-4)9(12)13/h2,9H,3H2,1H3. The van der Waals surface area contributed by atoms with Crippen molar-refractivity contribution in [1.82, 2.24) is 4.98 Å². The van der Waals surface area contributed by atoms with Gasteiger partial charge in [-0.15, -0.1) is 0 Å². The van der Waals surface area contributed by atoms with E-state index in [2.05, 4.69) is 9.72 Å². The monoisotopic (exact) mass is 269 g/mol. The fourth-order valence-corrected chi connectivity index (χ4v) is 1.43. The number of ether oxygens (including phenoxy) is 1. The number of esters is 1. The van der Waals surface area contributed by atoms with Crippen LogP contribution in [0.15, 0.2) is 6.07 Å². The Bertz CT molecular complexity index is 413. The molecule has 0 spiro atoms. The lowest BCUT2D eigenvalue weighted by Crippen LogP contribution is -2.07. The van der Waals surface area contributed by atoms with Crippen LogP contribution in [0.2, 0.25) is 10.0 Å². The molecule has 0 aliphatic carbocycles. The molecule has 0 saturated heterocycles. The van der Waals surface area contributed by atoms with Crippen molar-refractivity contribution in [2.24, 2.45) is 0 Å². The van der Waals surface area contributed by atoms with E-state index in [9.17, 15) is 13.6 Å². The van der Waals surface area contributed by atoms with Gasteiger partial charge in [-0.3, -0.25) is 4.79 Å². The highest BCUT2D eigenvalue weighted by molar-refractivity contribution is 6.42. The number of hydrogen-bond donors (Lipinski definition) is 0. The van der Waals surface area contributed by atoms with Crippen LogP contribution in [0.1, 0.15) is 17.8 Å². The van der Waals surface area contributed by atoms with E-state index in [0.29, 0.717) is 0 Å². The van der Waals surface area contributed by atoms with Gasteiger partial charge in [0.2, 0.25) is 0 Å². The van der Waals surface area contributed by atoms with Gasteiger partial charge in [0, 0.05) is 0 Å². The zero-order chi connectivity index (χ0) is 12.3. The second kappa shape index (κ2) is 5.41. The summed E-state index contributed by atoms with van der Waals surface area (Å²) in [5, 5.41) is -0.365. The Morgan fingerprint density at radius 2 is 2.19 bits per heavy atom. The summed E-state index contributed by atoms with van der Waals surface area (Å²) < 4.78 is 29.4. The van der Waals surface area contributed by atoms with E-state index in [4.69, 9.17) is 23.2 Å². The normalized spacial score (nSPS) is 10.6. The lowest BCUT2D eigenvalue weighted by atomic mass is 10.2. The number of carbonyl (C=O) groups excluding carboxylic acids is 1. The van der Waals surface area contributed by atoms with Crippen molar-refractivity contribution < 1.29 is 18.3 Å². The predicted octanol–water partition coefficient (Wildman–Crippen LogP) is 3.04. The molecule has 0 unspecified atom stereocenters. The van der Waals surface area contributed by atoms with Crippen LogP contribution in [0.5, 0.6) is 0 Å². The fraction of sp³-hybridized carbons (Fsp3) is 0.333. The van der Waals surface area contributed by atoms with E-state index in [1.165, 1.54) is 13.2 Å². The van der Waals surface area contributed by atoms with E-state index >= 15 is 0 Å². The predicted molar refractivity (Wildman–Crippen MR) is 54.9 cm³/mol. The van der Waals surface area contributed by atoms with Gasteiger partial charge in [-0.05, 0) is 6.07 Å². The van der Waals surface area contributed by atoms with E-state index in [0.717, 1.165) is 0 Å². The van der Waals surface area contributed by atoms with Crippen LogP contribution in [0.25, 0.3) is 0 Å². The molecule has 3 nitrogen and oxygen atoms in total. The zero-order valence-electron chi connectivity index (χ0n) is 8.14. The quantitative estimate of drug-likeness (QED) is 0.792. The second-order valence-electron chi connectivity index (χ2n) is 2.85. The minimum absolute atomic E-state index is 0.0640. The number of methoxy groups -OCH3 is 1. The minimum Gasteiger partial charge on any atom is -0.469 e. The summed E-state index contributed by atoms with van der Waals surface area (Å²) in [6.45, 7) is 0. The summed E-state index contributed by atoms with van der Waals surface area (Å²) in [5.74, 6) is -0.592. The van der Waals surface area contributed by atoms with Crippen molar-refractivity contribution in [3.8, 4) is 0 Å². The van der Waals surface area contributed by atoms with E-state index in [1.807, 2.05) is 0 Å². The maximum atomic E-state index is 12.5. The molecule has 1 rings (SSSR count). The molecular formula is C9H7Cl2F2NO2. The molecule has 0 aliphatic rings. The first kappa shape index (κ1) is 13.1. The van der Waals surface area contributed by atoms with Crippen LogP contribution in [0.3, 0.4) is 0 Å². The highest BCUT2D eigenvalue weighted by Crippen LogP contribution is 2.31. The molecule has 0 N–H and O–H groups in total. The third-order valence-electron chi connectivity index (χ3n) is 1.75. The molecule has 0 aromatic carbocycles. The Morgan fingerprint density at radius 1 is 1.56 bits per heavy atom. The zero-order valence-corrected chi connectivity index (χ0v) is 9.65. The van der Waals surface area contributed by atoms with Crippen molar-refractivity contribution in [3.05, 3.63) is 27.5 Å². The van der Waals surface area contributed by atoms with Crippen molar-refractivity contribution in [2.45, 2.75) is 12.8 Å². The molecule has 0 radical (unpaired) electrons. The number of alkyl halides is 2. The third-order valence-corrected chi connectivity index (χ3v) is 2.54. The van der Waals surface area contributed by atoms with Crippen LogP contribution in [-0.4, -0.2) is 18.1 Å². The van der Waals surface area contributed by atoms with Gasteiger partial charge >= 0.3 is 5.97 Å². The maximum absolute atomic E-state index is 12.5. The van der Waals surface area contributed by atoms with Crippen LogP contribution >= 0.6 is 23.2 Å². The highest BCUT2D eigenvalue weighted by atomic mass is 35.5. The molecule has 0 amide bonds. The number of aromatic nitrogens is 1. The van der Waals surface area contributed by atoms with Crippen LogP contribution in [-0.2, 0) is 16.0 Å². The molecule has 0 saturated carbocycles. The average molecular weight is 270 g/mol. The summed E-state index contributed by atoms with van der Waals surface area (Å²) in [4.78, 5) is 14.5. The van der Waals surface area contributed by atoms with E-state index in [1.54, 1.807) is 0 Å². The maximum Gasteiger partial charge on any atom is 0.311 e. The molecular weight excluding hydrogens is 263 g/mol. The largest absolute Gasteiger partial charge is 0.469 e. The van der Waals surface area contributed by atoms with Gasteiger partial charge in [-0.25, -0.2) is 13.8 Å². The average Bonchev–Trinajstić information content (AvgIpc) is 2.22. The summed E-state index contributed by atoms with van der Waals surface area (Å²) in [6.07, 6.45) is -3.07. The van der Waals surface area contributed by atoms with Gasteiger partial charge < -0.3 is 4.74 Å². The number of carbonyl (C=O) groups is 1. The fourth-order valence-electron chi connectivity index (χ4n) is 1.02. The minimum atomic E-state index is -2.84. The first-order chi connectivity index (χ1) is 7.45. The van der Waals surface area contributed by atoms with Gasteiger partial charge in [0.25, 0.3) is 6.43 Å². The van der Waals surface area contributed by atoms with Gasteiger partial charge in [-0.1, -0.05) is 23.2 Å². The topological polar surface area (TPSA) is 39.2 Å². The molecule has 1 heterocycles. The summed E-state index contributed by atoms with van der Waals surface area (Å²) in [5.41, 5.74) is -0.537. The van der Waals surface area contributed by atoms with Crippen LogP contribution in [0, 0.1) is 0 Å². The van der Waals surface area contributed by atoms with Gasteiger partial charge in [0.15, 0.2) is 0 Å². The van der Waals surface area contributed by atoms with Crippen molar-refractivity contribution in [1.29, 1.82) is 0 Å². The number of rotatable bonds is 3. The smallest absolute Gasteiger partial charge is 0.311 e. The third kappa shape index (κ3) is 3.02. The molecule has 0 bridgehead atoms. The number of halogens is 4. The highest BCUT2D eigenvalue weighted by Gasteiger charge is 2.19.